The fourth-order valence-electron chi connectivity index (χ4n) is 5.04. The van der Waals surface area contributed by atoms with Crippen molar-refractivity contribution >= 4 is 22.6 Å². The van der Waals surface area contributed by atoms with E-state index in [0.29, 0.717) is 10.9 Å². The van der Waals surface area contributed by atoms with Crippen LogP contribution in [0, 0.1) is 11.8 Å². The highest BCUT2D eigenvalue weighted by Gasteiger charge is 2.44. The lowest BCUT2D eigenvalue weighted by atomic mass is 10.0. The first-order valence-electron chi connectivity index (χ1n) is 11.7. The molecule has 2 aromatic heterocycles. The van der Waals surface area contributed by atoms with Gasteiger partial charge in [-0.25, -0.2) is 4.98 Å². The third kappa shape index (κ3) is 5.55. The third-order valence-electron chi connectivity index (χ3n) is 7.01. The van der Waals surface area contributed by atoms with Gasteiger partial charge in [-0.2, -0.15) is 13.2 Å². The molecule has 2 atom stereocenters. The molecule has 1 amide bonds. The predicted molar refractivity (Wildman–Crippen MR) is 119 cm³/mol. The average Bonchev–Trinajstić information content (AvgIpc) is 3.41. The molecule has 178 valence electrons. The molecule has 3 fully saturated rings. The minimum Gasteiger partial charge on any atom is -0.361 e. The lowest BCUT2D eigenvalue weighted by Crippen LogP contribution is -2.46. The molecule has 3 aliphatic rings. The van der Waals surface area contributed by atoms with Crippen molar-refractivity contribution < 1.29 is 18.0 Å². The molecule has 1 aliphatic carbocycles. The normalized spacial score (nSPS) is 24.1. The van der Waals surface area contributed by atoms with Crippen LogP contribution in [0.15, 0.2) is 24.4 Å². The number of alkyl halides is 3. The van der Waals surface area contributed by atoms with Crippen LogP contribution in [0.1, 0.15) is 29.8 Å². The Hall–Kier alpha value is -2.46. The van der Waals surface area contributed by atoms with E-state index in [9.17, 15) is 18.0 Å². The van der Waals surface area contributed by atoms with Crippen LogP contribution in [0.3, 0.4) is 0 Å². The summed E-state index contributed by atoms with van der Waals surface area (Å²) in [6.45, 7) is 5.52. The topological polar surface area (TPSA) is 73.4 Å². The number of hydrogen-bond acceptors (Lipinski definition) is 6. The van der Waals surface area contributed by atoms with Crippen LogP contribution in [-0.2, 0) is 0 Å². The van der Waals surface area contributed by atoms with Crippen LogP contribution in [0.2, 0.25) is 0 Å². The van der Waals surface area contributed by atoms with Gasteiger partial charge >= 0.3 is 6.18 Å². The highest BCUT2D eigenvalue weighted by atomic mass is 19.4. The minimum absolute atomic E-state index is 0.0888. The largest absolute Gasteiger partial charge is 0.405 e. The number of rotatable bonds is 7. The second-order valence-corrected chi connectivity index (χ2v) is 9.50. The van der Waals surface area contributed by atoms with E-state index in [1.165, 1.54) is 31.8 Å². The number of nitrogens with zero attached hydrogens (tertiary/aromatic N) is 4. The Bertz CT molecular complexity index is 997. The number of aromatic nitrogens is 2. The monoisotopic (exact) mass is 462 g/mol. The van der Waals surface area contributed by atoms with Gasteiger partial charge in [-0.3, -0.25) is 9.78 Å². The average molecular weight is 463 g/mol. The fourth-order valence-corrected chi connectivity index (χ4v) is 5.04. The molecule has 0 radical (unpaired) electrons. The van der Waals surface area contributed by atoms with Gasteiger partial charge in [0.05, 0.1) is 5.52 Å². The van der Waals surface area contributed by atoms with Gasteiger partial charge in [0, 0.05) is 56.9 Å². The highest BCUT2D eigenvalue weighted by Crippen LogP contribution is 2.44. The molecular formula is C23H29F3N6O. The summed E-state index contributed by atoms with van der Waals surface area (Å²) in [5.74, 6) is 1.77. The molecule has 2 saturated heterocycles. The van der Waals surface area contributed by atoms with Gasteiger partial charge in [-0.1, -0.05) is 0 Å². The maximum atomic E-state index is 12.9. The lowest BCUT2D eigenvalue weighted by molar-refractivity contribution is -0.115. The number of amides is 1. The Labute approximate surface area is 190 Å². The smallest absolute Gasteiger partial charge is 0.361 e. The van der Waals surface area contributed by atoms with Crippen molar-refractivity contribution in [2.45, 2.75) is 31.5 Å². The summed E-state index contributed by atoms with van der Waals surface area (Å²) >= 11 is 0. The minimum atomic E-state index is -4.33. The van der Waals surface area contributed by atoms with Gasteiger partial charge in [-0.15, -0.1) is 0 Å². The summed E-state index contributed by atoms with van der Waals surface area (Å²) in [7, 11) is 0. The molecule has 2 aliphatic heterocycles. The number of halogens is 3. The Morgan fingerprint density at radius 1 is 1.06 bits per heavy atom. The van der Waals surface area contributed by atoms with Crippen molar-refractivity contribution in [2.24, 2.45) is 11.8 Å². The number of piperidine rings is 2. The maximum absolute atomic E-state index is 12.9. The van der Waals surface area contributed by atoms with Gasteiger partial charge < -0.3 is 20.4 Å². The zero-order valence-corrected chi connectivity index (χ0v) is 18.4. The van der Waals surface area contributed by atoms with Crippen molar-refractivity contribution in [3.05, 3.63) is 30.1 Å². The Kier molecular flexibility index (Phi) is 6.13. The summed E-state index contributed by atoms with van der Waals surface area (Å²) in [6.07, 6.45) is 0.350. The number of hydrogen-bond donors (Lipinski definition) is 2. The maximum Gasteiger partial charge on any atom is 0.405 e. The number of likely N-dealkylation sites (tertiary alicyclic amines) is 2. The van der Waals surface area contributed by atoms with E-state index in [1.807, 2.05) is 0 Å². The summed E-state index contributed by atoms with van der Waals surface area (Å²) in [5, 5.41) is 5.87. The van der Waals surface area contributed by atoms with Crippen LogP contribution in [0.25, 0.3) is 10.9 Å². The van der Waals surface area contributed by atoms with Crippen LogP contribution < -0.4 is 10.6 Å². The van der Waals surface area contributed by atoms with Crippen molar-refractivity contribution in [1.29, 1.82) is 0 Å². The predicted octanol–water partition coefficient (Wildman–Crippen LogP) is 2.75. The van der Waals surface area contributed by atoms with Crippen molar-refractivity contribution in [2.75, 3.05) is 51.1 Å². The van der Waals surface area contributed by atoms with Gasteiger partial charge in [0.15, 0.2) is 0 Å². The molecule has 33 heavy (non-hydrogen) atoms. The Morgan fingerprint density at radius 3 is 2.52 bits per heavy atom. The summed E-state index contributed by atoms with van der Waals surface area (Å²) < 4.78 is 37.3. The number of fused-ring (bicyclic) bond motifs is 2. The van der Waals surface area contributed by atoms with E-state index in [0.717, 1.165) is 50.9 Å². The van der Waals surface area contributed by atoms with E-state index in [1.54, 1.807) is 12.1 Å². The van der Waals surface area contributed by atoms with Gasteiger partial charge in [0.2, 0.25) is 0 Å². The van der Waals surface area contributed by atoms with Crippen molar-refractivity contribution in [3.8, 4) is 0 Å². The van der Waals surface area contributed by atoms with E-state index < -0.39 is 12.7 Å². The van der Waals surface area contributed by atoms with Crippen molar-refractivity contribution in [1.82, 2.24) is 25.1 Å². The van der Waals surface area contributed by atoms with Crippen LogP contribution in [-0.4, -0.2) is 83.7 Å². The highest BCUT2D eigenvalue weighted by molar-refractivity contribution is 6.04. The fraction of sp³-hybridized carbons (Fsp3) is 0.609. The molecule has 2 N–H and O–H groups in total. The van der Waals surface area contributed by atoms with E-state index >= 15 is 0 Å². The van der Waals surface area contributed by atoms with Crippen molar-refractivity contribution in [3.63, 3.8) is 0 Å². The number of carbonyl (C=O) groups excluding carboxylic acids is 1. The van der Waals surface area contributed by atoms with E-state index in [4.69, 9.17) is 0 Å². The number of anilines is 1. The van der Waals surface area contributed by atoms with Gasteiger partial charge in [0.1, 0.15) is 18.1 Å². The number of pyridine rings is 2. The first-order valence-corrected chi connectivity index (χ1v) is 11.7. The molecule has 2 unspecified atom stereocenters. The number of carbonyl (C=O) groups is 1. The number of nitrogens with one attached hydrogen (secondary N) is 2. The lowest BCUT2D eigenvalue weighted by Gasteiger charge is -2.33. The quantitative estimate of drug-likeness (QED) is 0.659. The zero-order valence-electron chi connectivity index (χ0n) is 18.4. The second kappa shape index (κ2) is 9.06. The summed E-state index contributed by atoms with van der Waals surface area (Å²) in [5.41, 5.74) is 0.675. The molecule has 7 nitrogen and oxygen atoms in total. The molecule has 0 bridgehead atoms. The molecule has 4 heterocycles. The standard InChI is InChI=1S/C23H29F3N6O/c24-23(25,26)14-28-20-2-1-18-19(30-20)3-6-27-21(18)22(33)29-17-4-7-31(8-5-17)9-10-32-12-15-11-16(15)13-32/h1-3,6,15-17H,4-5,7-14H2,(H,28,30)(H,29,33). The Balaban J connectivity index is 1.13. The Morgan fingerprint density at radius 2 is 1.79 bits per heavy atom. The molecule has 10 heteroatoms. The van der Waals surface area contributed by atoms with Crippen LogP contribution >= 0.6 is 0 Å². The zero-order chi connectivity index (χ0) is 23.0. The molecule has 2 aromatic rings. The molecule has 0 aromatic carbocycles. The van der Waals surface area contributed by atoms with Gasteiger partial charge in [-0.05, 0) is 49.3 Å². The second-order valence-electron chi connectivity index (χ2n) is 9.50. The SMILES string of the molecule is O=C(NC1CCN(CCN2CC3CC3C2)CC1)c1nccc2nc(NCC(F)(F)F)ccc12. The molecule has 1 saturated carbocycles. The molecular weight excluding hydrogens is 433 g/mol. The first kappa shape index (κ1) is 22.3. The van der Waals surface area contributed by atoms with Crippen LogP contribution in [0.5, 0.6) is 0 Å². The molecule has 0 spiro atoms. The van der Waals surface area contributed by atoms with Crippen LogP contribution in [0.4, 0.5) is 19.0 Å². The van der Waals surface area contributed by atoms with Gasteiger partial charge in [0.25, 0.3) is 5.91 Å². The summed E-state index contributed by atoms with van der Waals surface area (Å²) in [4.78, 5) is 26.4. The summed E-state index contributed by atoms with van der Waals surface area (Å²) in [6, 6.07) is 4.71. The first-order chi connectivity index (χ1) is 15.8. The third-order valence-corrected chi connectivity index (χ3v) is 7.01. The van der Waals surface area contributed by atoms with E-state index in [2.05, 4.69) is 30.4 Å². The van der Waals surface area contributed by atoms with E-state index in [-0.39, 0.29) is 23.5 Å². The molecule has 5 rings (SSSR count).